The largest absolute Gasteiger partial charge is 0.484 e. The Hall–Kier alpha value is -2.08. The van der Waals surface area contributed by atoms with Crippen LogP contribution in [0.4, 0.5) is 0 Å². The second kappa shape index (κ2) is 7.44. The number of carbonyl (C=O) groups is 2. The third-order valence-corrected chi connectivity index (χ3v) is 4.66. The zero-order chi connectivity index (χ0) is 17.9. The zero-order valence-electron chi connectivity index (χ0n) is 14.9. The van der Waals surface area contributed by atoms with Crippen LogP contribution in [0.1, 0.15) is 37.0 Å². The van der Waals surface area contributed by atoms with Crippen LogP contribution < -0.4 is 10.1 Å². The molecule has 6 heteroatoms. The van der Waals surface area contributed by atoms with Crippen molar-refractivity contribution in [3.05, 3.63) is 29.8 Å². The number of rotatable bonds is 4. The van der Waals surface area contributed by atoms with Gasteiger partial charge in [-0.2, -0.15) is 0 Å². The van der Waals surface area contributed by atoms with E-state index in [0.717, 1.165) is 0 Å². The molecule has 0 bridgehead atoms. The first-order valence-electron chi connectivity index (χ1n) is 8.91. The number of hydrogen-bond acceptors (Lipinski definition) is 4. The van der Waals surface area contributed by atoms with Crippen LogP contribution >= 0.6 is 0 Å². The van der Waals surface area contributed by atoms with Crippen LogP contribution in [-0.4, -0.2) is 55.2 Å². The van der Waals surface area contributed by atoms with E-state index in [9.17, 15) is 9.59 Å². The topological polar surface area (TPSA) is 67.9 Å². The minimum atomic E-state index is -0.487. The van der Waals surface area contributed by atoms with Crippen molar-refractivity contribution in [3.8, 4) is 5.75 Å². The van der Waals surface area contributed by atoms with Crippen LogP contribution in [0, 0.1) is 5.92 Å². The molecule has 6 nitrogen and oxygen atoms in total. The number of hydrogen-bond donors (Lipinski definition) is 1. The summed E-state index contributed by atoms with van der Waals surface area (Å²) in [5.74, 6) is 0.677. The lowest BCUT2D eigenvalue weighted by atomic mass is 9.93. The SMILES string of the molecule is CC(C)CNC(=O)CN1CC2(CCOCC2)Oc2ccccc2C1=O. The number of ether oxygens (including phenoxy) is 2. The van der Waals surface area contributed by atoms with Gasteiger partial charge in [-0.1, -0.05) is 26.0 Å². The Balaban J connectivity index is 1.83. The van der Waals surface area contributed by atoms with Crippen molar-refractivity contribution in [2.24, 2.45) is 5.92 Å². The Morgan fingerprint density at radius 3 is 2.72 bits per heavy atom. The molecule has 1 aromatic rings. The lowest BCUT2D eigenvalue weighted by Crippen LogP contribution is -2.52. The van der Waals surface area contributed by atoms with Gasteiger partial charge in [-0.05, 0) is 18.1 Å². The van der Waals surface area contributed by atoms with E-state index < -0.39 is 5.60 Å². The molecular weight excluding hydrogens is 320 g/mol. The van der Waals surface area contributed by atoms with Crippen molar-refractivity contribution in [1.82, 2.24) is 10.2 Å². The standard InChI is InChI=1S/C19H26N2O4/c1-14(2)11-20-17(22)12-21-13-19(7-9-24-10-8-19)25-16-6-4-3-5-15(16)18(21)23/h3-6,14H,7-13H2,1-2H3,(H,20,22). The van der Waals surface area contributed by atoms with E-state index in [2.05, 4.69) is 5.32 Å². The maximum absolute atomic E-state index is 13.0. The molecule has 25 heavy (non-hydrogen) atoms. The molecule has 2 heterocycles. The molecule has 0 aromatic heterocycles. The molecule has 3 rings (SSSR count). The maximum Gasteiger partial charge on any atom is 0.258 e. The molecule has 0 unspecified atom stereocenters. The minimum absolute atomic E-state index is 0.0475. The predicted octanol–water partition coefficient (Wildman–Crippen LogP) is 1.84. The average Bonchev–Trinajstić information content (AvgIpc) is 2.70. The second-order valence-electron chi connectivity index (χ2n) is 7.25. The summed E-state index contributed by atoms with van der Waals surface area (Å²) in [5.41, 5.74) is 0.0290. The molecule has 2 aliphatic heterocycles. The summed E-state index contributed by atoms with van der Waals surface area (Å²) < 4.78 is 11.8. The average molecular weight is 346 g/mol. The quantitative estimate of drug-likeness (QED) is 0.903. The minimum Gasteiger partial charge on any atom is -0.484 e. The molecule has 2 amide bonds. The molecule has 1 saturated heterocycles. The zero-order valence-corrected chi connectivity index (χ0v) is 14.9. The van der Waals surface area contributed by atoms with Gasteiger partial charge in [-0.3, -0.25) is 9.59 Å². The van der Waals surface area contributed by atoms with Gasteiger partial charge in [0.2, 0.25) is 5.91 Å². The monoisotopic (exact) mass is 346 g/mol. The van der Waals surface area contributed by atoms with Crippen LogP contribution in [0.3, 0.4) is 0 Å². The summed E-state index contributed by atoms with van der Waals surface area (Å²) in [6.07, 6.45) is 1.41. The van der Waals surface area contributed by atoms with Gasteiger partial charge in [0.1, 0.15) is 11.4 Å². The van der Waals surface area contributed by atoms with Crippen molar-refractivity contribution in [2.45, 2.75) is 32.3 Å². The summed E-state index contributed by atoms with van der Waals surface area (Å²) in [7, 11) is 0. The molecule has 0 saturated carbocycles. The molecule has 1 fully saturated rings. The Morgan fingerprint density at radius 1 is 1.28 bits per heavy atom. The van der Waals surface area contributed by atoms with Crippen molar-refractivity contribution >= 4 is 11.8 Å². The summed E-state index contributed by atoms with van der Waals surface area (Å²) >= 11 is 0. The van der Waals surface area contributed by atoms with Gasteiger partial charge in [0.15, 0.2) is 0 Å². The molecule has 1 spiro atoms. The van der Waals surface area contributed by atoms with Crippen LogP contribution in [0.25, 0.3) is 0 Å². The smallest absolute Gasteiger partial charge is 0.258 e. The van der Waals surface area contributed by atoms with E-state index in [-0.39, 0.29) is 18.4 Å². The Labute approximate surface area is 148 Å². The number of fused-ring (bicyclic) bond motifs is 1. The first-order valence-corrected chi connectivity index (χ1v) is 8.91. The van der Waals surface area contributed by atoms with Crippen molar-refractivity contribution < 1.29 is 19.1 Å². The molecule has 136 valence electrons. The van der Waals surface area contributed by atoms with Crippen molar-refractivity contribution in [1.29, 1.82) is 0 Å². The third kappa shape index (κ3) is 4.12. The van der Waals surface area contributed by atoms with Crippen LogP contribution in [0.5, 0.6) is 5.75 Å². The van der Waals surface area contributed by atoms with Crippen molar-refractivity contribution in [2.75, 3.05) is 32.8 Å². The van der Waals surface area contributed by atoms with Gasteiger partial charge in [0.25, 0.3) is 5.91 Å². The summed E-state index contributed by atoms with van der Waals surface area (Å²) in [5, 5.41) is 2.89. The predicted molar refractivity (Wildman–Crippen MR) is 93.6 cm³/mol. The van der Waals surface area contributed by atoms with E-state index in [0.29, 0.717) is 56.4 Å². The van der Waals surface area contributed by atoms with Gasteiger partial charge < -0.3 is 19.7 Å². The highest BCUT2D eigenvalue weighted by atomic mass is 16.5. The molecular formula is C19H26N2O4. The number of carbonyl (C=O) groups excluding carboxylic acids is 2. The highest BCUT2D eigenvalue weighted by Gasteiger charge is 2.42. The van der Waals surface area contributed by atoms with Crippen molar-refractivity contribution in [3.63, 3.8) is 0 Å². The van der Waals surface area contributed by atoms with E-state index in [1.165, 1.54) is 0 Å². The van der Waals surface area contributed by atoms with Crippen LogP contribution in [0.15, 0.2) is 24.3 Å². The molecule has 1 aromatic carbocycles. The van der Waals surface area contributed by atoms with E-state index >= 15 is 0 Å². The molecule has 0 atom stereocenters. The van der Waals surface area contributed by atoms with Gasteiger partial charge in [0.05, 0.1) is 31.9 Å². The summed E-state index contributed by atoms with van der Waals surface area (Å²) in [6.45, 7) is 6.34. The Morgan fingerprint density at radius 2 is 2.00 bits per heavy atom. The van der Waals surface area contributed by atoms with Crippen LogP contribution in [-0.2, 0) is 9.53 Å². The van der Waals surface area contributed by atoms with E-state index in [1.807, 2.05) is 32.0 Å². The number of benzene rings is 1. The lowest BCUT2D eigenvalue weighted by Gasteiger charge is -2.38. The molecule has 0 aliphatic carbocycles. The molecule has 2 aliphatic rings. The number of amides is 2. The first kappa shape index (κ1) is 17.7. The fourth-order valence-electron chi connectivity index (χ4n) is 3.27. The molecule has 1 N–H and O–H groups in total. The fraction of sp³-hybridized carbons (Fsp3) is 0.579. The van der Waals surface area contributed by atoms with Gasteiger partial charge in [-0.15, -0.1) is 0 Å². The Bertz CT molecular complexity index is 638. The summed E-state index contributed by atoms with van der Waals surface area (Å²) in [6, 6.07) is 7.27. The first-order chi connectivity index (χ1) is 12.0. The van der Waals surface area contributed by atoms with E-state index in [4.69, 9.17) is 9.47 Å². The fourth-order valence-corrected chi connectivity index (χ4v) is 3.27. The highest BCUT2D eigenvalue weighted by molar-refractivity contribution is 5.99. The van der Waals surface area contributed by atoms with Gasteiger partial charge in [0, 0.05) is 19.4 Å². The van der Waals surface area contributed by atoms with E-state index in [1.54, 1.807) is 11.0 Å². The third-order valence-electron chi connectivity index (χ3n) is 4.66. The molecule has 0 radical (unpaired) electrons. The lowest BCUT2D eigenvalue weighted by molar-refractivity contribution is -0.122. The number of nitrogens with zero attached hydrogens (tertiary/aromatic N) is 1. The van der Waals surface area contributed by atoms with Gasteiger partial charge in [-0.25, -0.2) is 0 Å². The number of para-hydroxylation sites is 1. The number of nitrogens with one attached hydrogen (secondary N) is 1. The second-order valence-corrected chi connectivity index (χ2v) is 7.25. The van der Waals surface area contributed by atoms with Crippen LogP contribution in [0.2, 0.25) is 0 Å². The summed E-state index contributed by atoms with van der Waals surface area (Å²) in [4.78, 5) is 26.9. The normalized spacial score (nSPS) is 19.3. The highest BCUT2D eigenvalue weighted by Crippen LogP contribution is 2.34. The van der Waals surface area contributed by atoms with Gasteiger partial charge >= 0.3 is 0 Å². The maximum atomic E-state index is 13.0. The Kier molecular flexibility index (Phi) is 5.27.